The molecule has 0 aromatic carbocycles. The molecule has 1 heterocycles. The molecule has 0 saturated heterocycles. The van der Waals surface area contributed by atoms with Gasteiger partial charge < -0.3 is 20.3 Å². The first kappa shape index (κ1) is 10.5. The number of Topliss-reactive ketones (excluding diaryl/α,β-unsaturated/α-hetero) is 1. The Kier molecular flexibility index (Phi) is 2.54. The summed E-state index contributed by atoms with van der Waals surface area (Å²) < 4.78 is 10.1. The number of methoxy groups -OCH3 is 1. The van der Waals surface area contributed by atoms with Gasteiger partial charge in [0.2, 0.25) is 11.6 Å². The number of carbonyl (C=O) groups is 1. The predicted molar refractivity (Wildman–Crippen MR) is 56.0 cm³/mol. The summed E-state index contributed by atoms with van der Waals surface area (Å²) in [6.45, 7) is 0. The van der Waals surface area contributed by atoms with Crippen molar-refractivity contribution in [1.29, 1.82) is 0 Å². The van der Waals surface area contributed by atoms with Crippen molar-refractivity contribution in [2.45, 2.75) is 6.10 Å². The van der Waals surface area contributed by atoms with E-state index in [0.717, 1.165) is 0 Å². The highest BCUT2D eigenvalue weighted by molar-refractivity contribution is 6.08. The van der Waals surface area contributed by atoms with Gasteiger partial charge in [0.1, 0.15) is 0 Å². The fraction of sp³-hybridized carbons (Fsp3) is 0.182. The van der Waals surface area contributed by atoms with Crippen LogP contribution in [0, 0.1) is 0 Å². The zero-order valence-corrected chi connectivity index (χ0v) is 8.64. The van der Waals surface area contributed by atoms with E-state index in [1.165, 1.54) is 0 Å². The lowest BCUT2D eigenvalue weighted by molar-refractivity contribution is -0.115. The molecule has 5 heteroatoms. The molecule has 2 aliphatic rings. The molecule has 0 unspecified atom stereocenters. The third-order valence-electron chi connectivity index (χ3n) is 2.33. The van der Waals surface area contributed by atoms with Crippen LogP contribution in [0.5, 0.6) is 0 Å². The number of hydrogen-bond donors (Lipinski definition) is 2. The summed E-state index contributed by atoms with van der Waals surface area (Å²) in [6.07, 6.45) is 6.80. The van der Waals surface area contributed by atoms with Crippen molar-refractivity contribution in [2.24, 2.45) is 5.73 Å². The molecular weight excluding hydrogens is 210 g/mol. The molecule has 0 aromatic rings. The van der Waals surface area contributed by atoms with Crippen molar-refractivity contribution in [3.63, 3.8) is 0 Å². The van der Waals surface area contributed by atoms with Crippen molar-refractivity contribution in [1.82, 2.24) is 0 Å². The minimum absolute atomic E-state index is 0.0389. The van der Waals surface area contributed by atoms with Gasteiger partial charge in [0, 0.05) is 12.7 Å². The van der Waals surface area contributed by atoms with E-state index in [1.54, 1.807) is 31.4 Å². The molecule has 0 bridgehead atoms. The first-order valence-corrected chi connectivity index (χ1v) is 4.68. The summed E-state index contributed by atoms with van der Waals surface area (Å²) in [5.41, 5.74) is 5.86. The van der Waals surface area contributed by atoms with Gasteiger partial charge in [-0.25, -0.2) is 0 Å². The van der Waals surface area contributed by atoms with E-state index < -0.39 is 11.5 Å². The fourth-order valence-electron chi connectivity index (χ4n) is 1.44. The van der Waals surface area contributed by atoms with Crippen LogP contribution in [0.4, 0.5) is 0 Å². The standard InChI is InChI=1S/C11H11NO4/c1-15-7-4-2-6(3-5-7)10-8(13)9(14)11(12)16-10/h2-5,7,14H,12H2,1H3. The molecule has 0 radical (unpaired) electrons. The number of ketones is 1. The highest BCUT2D eigenvalue weighted by Gasteiger charge is 2.31. The molecule has 1 aliphatic heterocycles. The lowest BCUT2D eigenvalue weighted by Crippen LogP contribution is -2.08. The van der Waals surface area contributed by atoms with Gasteiger partial charge in [-0.3, -0.25) is 4.79 Å². The molecule has 0 spiro atoms. The molecule has 1 aliphatic carbocycles. The van der Waals surface area contributed by atoms with Crippen LogP contribution >= 0.6 is 0 Å². The van der Waals surface area contributed by atoms with Crippen LogP contribution in [-0.2, 0) is 14.3 Å². The Morgan fingerprint density at radius 3 is 2.50 bits per heavy atom. The highest BCUT2D eigenvalue weighted by atomic mass is 16.5. The average molecular weight is 221 g/mol. The van der Waals surface area contributed by atoms with Crippen molar-refractivity contribution in [3.05, 3.63) is 47.3 Å². The number of aliphatic hydroxyl groups is 1. The largest absolute Gasteiger partial charge is 0.500 e. The minimum Gasteiger partial charge on any atom is -0.500 e. The van der Waals surface area contributed by atoms with Crippen LogP contribution in [0.3, 0.4) is 0 Å². The SMILES string of the molecule is COC1C=CC(=C2OC(N)=C(O)C2=O)C=C1. The second kappa shape index (κ2) is 3.86. The average Bonchev–Trinajstić information content (AvgIpc) is 2.57. The Morgan fingerprint density at radius 2 is 2.06 bits per heavy atom. The number of rotatable bonds is 1. The smallest absolute Gasteiger partial charge is 0.268 e. The van der Waals surface area contributed by atoms with E-state index in [9.17, 15) is 9.90 Å². The predicted octanol–water partition coefficient (Wildman–Crippen LogP) is 0.667. The van der Waals surface area contributed by atoms with Crippen LogP contribution in [0.2, 0.25) is 0 Å². The molecule has 2 rings (SSSR count). The van der Waals surface area contributed by atoms with Gasteiger partial charge in [0.15, 0.2) is 5.76 Å². The Hall–Kier alpha value is -2.01. The van der Waals surface area contributed by atoms with E-state index in [-0.39, 0.29) is 17.7 Å². The molecule has 0 atom stereocenters. The van der Waals surface area contributed by atoms with Crippen LogP contribution in [0.1, 0.15) is 0 Å². The molecular formula is C11H11NO4. The van der Waals surface area contributed by atoms with Gasteiger partial charge in [-0.1, -0.05) is 24.3 Å². The highest BCUT2D eigenvalue weighted by Crippen LogP contribution is 2.25. The number of hydrogen-bond acceptors (Lipinski definition) is 5. The summed E-state index contributed by atoms with van der Waals surface area (Å²) >= 11 is 0. The van der Waals surface area contributed by atoms with Gasteiger partial charge >= 0.3 is 0 Å². The Morgan fingerprint density at radius 1 is 1.44 bits per heavy atom. The van der Waals surface area contributed by atoms with Crippen molar-refractivity contribution >= 4 is 5.78 Å². The monoisotopic (exact) mass is 221 g/mol. The number of aliphatic hydroxyl groups excluding tert-OH is 1. The molecule has 84 valence electrons. The quantitative estimate of drug-likeness (QED) is 0.636. The first-order valence-electron chi connectivity index (χ1n) is 4.68. The molecule has 5 nitrogen and oxygen atoms in total. The second-order valence-corrected chi connectivity index (χ2v) is 3.35. The molecule has 3 N–H and O–H groups in total. The summed E-state index contributed by atoms with van der Waals surface area (Å²) in [7, 11) is 1.58. The summed E-state index contributed by atoms with van der Waals surface area (Å²) in [4.78, 5) is 11.5. The molecule has 0 amide bonds. The maximum absolute atomic E-state index is 11.5. The molecule has 0 fully saturated rings. The van der Waals surface area contributed by atoms with Crippen molar-refractivity contribution < 1.29 is 19.4 Å². The van der Waals surface area contributed by atoms with Crippen molar-refractivity contribution in [2.75, 3.05) is 7.11 Å². The Bertz CT molecular complexity index is 441. The topological polar surface area (TPSA) is 81.8 Å². The molecule has 16 heavy (non-hydrogen) atoms. The minimum atomic E-state index is -0.599. The van der Waals surface area contributed by atoms with E-state index in [2.05, 4.69) is 0 Å². The lowest BCUT2D eigenvalue weighted by Gasteiger charge is -2.11. The van der Waals surface area contributed by atoms with E-state index in [4.69, 9.17) is 15.2 Å². The zero-order valence-electron chi connectivity index (χ0n) is 8.64. The number of carbonyl (C=O) groups excluding carboxylic acids is 1. The van der Waals surface area contributed by atoms with E-state index in [0.29, 0.717) is 5.57 Å². The Balaban J connectivity index is 2.28. The number of ether oxygens (including phenoxy) is 2. The van der Waals surface area contributed by atoms with Gasteiger partial charge in [-0.2, -0.15) is 0 Å². The number of nitrogens with two attached hydrogens (primary N) is 1. The normalized spacial score (nSPS) is 24.3. The summed E-state index contributed by atoms with van der Waals surface area (Å²) in [6, 6.07) is 0. The summed E-state index contributed by atoms with van der Waals surface area (Å²) in [5, 5.41) is 9.24. The molecule has 0 saturated carbocycles. The maximum atomic E-state index is 11.5. The second-order valence-electron chi connectivity index (χ2n) is 3.35. The third-order valence-corrected chi connectivity index (χ3v) is 2.33. The molecule has 0 aromatic heterocycles. The van der Waals surface area contributed by atoms with Crippen molar-refractivity contribution in [3.8, 4) is 0 Å². The van der Waals surface area contributed by atoms with Gasteiger partial charge in [-0.05, 0) is 0 Å². The summed E-state index contributed by atoms with van der Waals surface area (Å²) in [5.74, 6) is -1.36. The Labute approximate surface area is 92.1 Å². The van der Waals surface area contributed by atoms with Crippen LogP contribution in [0.25, 0.3) is 0 Å². The maximum Gasteiger partial charge on any atom is 0.268 e. The van der Waals surface area contributed by atoms with E-state index >= 15 is 0 Å². The van der Waals surface area contributed by atoms with E-state index in [1.807, 2.05) is 0 Å². The van der Waals surface area contributed by atoms with Gasteiger partial charge in [-0.15, -0.1) is 0 Å². The van der Waals surface area contributed by atoms with Gasteiger partial charge in [0.25, 0.3) is 5.78 Å². The number of allylic oxidation sites excluding steroid dienone is 3. The lowest BCUT2D eigenvalue weighted by atomic mass is 10.1. The van der Waals surface area contributed by atoms with Crippen LogP contribution in [0.15, 0.2) is 47.3 Å². The first-order chi connectivity index (χ1) is 7.63. The zero-order chi connectivity index (χ0) is 11.7. The van der Waals surface area contributed by atoms with Crippen LogP contribution in [-0.4, -0.2) is 24.1 Å². The van der Waals surface area contributed by atoms with Gasteiger partial charge in [0.05, 0.1) is 6.10 Å². The fourth-order valence-corrected chi connectivity index (χ4v) is 1.44. The van der Waals surface area contributed by atoms with Crippen LogP contribution < -0.4 is 5.73 Å². The third kappa shape index (κ3) is 1.61.